The maximum Gasteiger partial charge on any atom is 0.146 e. The van der Waals surface area contributed by atoms with E-state index in [1.54, 1.807) is 0 Å². The Morgan fingerprint density at radius 2 is 0.623 bits per heavy atom. The van der Waals surface area contributed by atoms with Crippen molar-refractivity contribution in [2.75, 3.05) is 0 Å². The third-order valence-corrected chi connectivity index (χ3v) is 23.0. The van der Waals surface area contributed by atoms with Gasteiger partial charge in [0.2, 0.25) is 0 Å². The molecule has 0 aliphatic rings. The number of hydrogen-bond acceptors (Lipinski definition) is 9. The summed E-state index contributed by atoms with van der Waals surface area (Å²) < 4.78 is 21.5. The number of rotatable bonds is 9. The SMILES string of the molecule is c1ccc(-c2nc(-c3ccc(-c4cccc5c4oc4ccccc45)cc3)n3c2ccc2cccnc23)cc1.c1ccc(-c2nc(-c3ccc(-c4cccc5c4sc4ccccc45)cc3)n3c2ccc2cccnc23)cc1.c1ccc(-c2nc(-c3cccc(-c4ccc5oc6ccccc6c5c4)c3)n3c2ccc2cccnc23)cc1. The molecule has 12 heteroatoms. The maximum atomic E-state index is 6.29. The van der Waals surface area contributed by atoms with E-state index in [9.17, 15) is 0 Å². The van der Waals surface area contributed by atoms with E-state index in [2.05, 4.69) is 304 Å². The van der Waals surface area contributed by atoms with E-state index in [-0.39, 0.29) is 0 Å². The van der Waals surface area contributed by atoms with Gasteiger partial charge in [0.1, 0.15) is 56.7 Å². The van der Waals surface area contributed by atoms with Gasteiger partial charge in [-0.3, -0.25) is 13.2 Å². The molecule has 0 aliphatic carbocycles. The number of pyridine rings is 6. The number of thiophene rings is 1. The van der Waals surface area contributed by atoms with Crippen molar-refractivity contribution < 1.29 is 8.83 Å². The van der Waals surface area contributed by atoms with E-state index in [1.165, 1.54) is 31.3 Å². The molecule has 0 saturated carbocycles. The van der Waals surface area contributed by atoms with Crippen LogP contribution in [0.2, 0.25) is 0 Å². The largest absolute Gasteiger partial charge is 0.456 e. The number of benzene rings is 12. The van der Waals surface area contributed by atoms with Crippen LogP contribution < -0.4 is 0 Å². The van der Waals surface area contributed by atoms with Crippen molar-refractivity contribution in [3.05, 3.63) is 383 Å². The minimum Gasteiger partial charge on any atom is -0.456 e. The number of imidazole rings is 3. The van der Waals surface area contributed by atoms with Gasteiger partial charge in [0.15, 0.2) is 0 Å². The van der Waals surface area contributed by atoms with Gasteiger partial charge in [-0.05, 0) is 137 Å². The molecule has 11 nitrogen and oxygen atoms in total. The Hall–Kier alpha value is -15.2. The molecule has 12 aromatic heterocycles. The molecule has 0 unspecified atom stereocenters. The molecule has 0 fully saturated rings. The van der Waals surface area contributed by atoms with Gasteiger partial charge in [0.25, 0.3) is 0 Å². The van der Waals surface area contributed by atoms with Gasteiger partial charge in [0.05, 0.1) is 33.6 Å². The first-order valence-electron chi connectivity index (χ1n) is 38.0. The number of para-hydroxylation sites is 3. The molecule has 114 heavy (non-hydrogen) atoms. The lowest BCUT2D eigenvalue weighted by molar-refractivity contribution is 0.669. The Labute approximate surface area is 656 Å². The highest BCUT2D eigenvalue weighted by molar-refractivity contribution is 7.26. The standard InChI is InChI=1S/2C34H21N3O.C34H21N3S/c1-2-8-23(9-3-1)31-29-20-19-24-10-7-21-35-33(24)37(29)34(36-31)25-17-15-22(16-18-25)26-12-6-13-28-27-11-4-5-14-30(27)38-32(26)28;1-2-8-22(9-3-1)32-29-17-15-23-12-7-19-35-33(23)37(29)34(36-32)26-11-6-10-24(20-26)25-16-18-31-28(21-25)27-13-4-5-14-30(27)38-31;1-2-8-23(9-3-1)31-29-20-19-24-10-7-21-35-33(24)37(29)34(36-31)25-17-15-22(16-18-25)26-12-6-13-28-27-11-4-5-14-30(27)38-32(26)28/h3*1-21H. The van der Waals surface area contributed by atoms with E-state index in [0.29, 0.717) is 0 Å². The van der Waals surface area contributed by atoms with Crippen LogP contribution in [0.25, 0.3) is 215 Å². The topological polar surface area (TPSA) is 117 Å². The fourth-order valence-corrected chi connectivity index (χ4v) is 17.6. The molecule has 0 radical (unpaired) electrons. The summed E-state index contributed by atoms with van der Waals surface area (Å²) in [7, 11) is 0. The second kappa shape index (κ2) is 27.4. The predicted molar refractivity (Wildman–Crippen MR) is 468 cm³/mol. The van der Waals surface area contributed by atoms with Crippen molar-refractivity contribution in [2.45, 2.75) is 0 Å². The lowest BCUT2D eigenvalue weighted by Crippen LogP contribution is -1.94. The Morgan fingerprint density at radius 3 is 1.17 bits per heavy atom. The highest BCUT2D eigenvalue weighted by Gasteiger charge is 2.23. The number of furan rings is 2. The second-order valence-electron chi connectivity index (χ2n) is 28.5. The average molecular weight is 1480 g/mol. The Balaban J connectivity index is 0.000000104. The smallest absolute Gasteiger partial charge is 0.146 e. The van der Waals surface area contributed by atoms with Gasteiger partial charge in [-0.15, -0.1) is 11.3 Å². The summed E-state index contributed by atoms with van der Waals surface area (Å²) in [6, 6.07) is 126. The maximum absolute atomic E-state index is 6.29. The van der Waals surface area contributed by atoms with E-state index in [1.807, 2.05) is 103 Å². The highest BCUT2D eigenvalue weighted by atomic mass is 32.1. The summed E-state index contributed by atoms with van der Waals surface area (Å²) in [5.41, 5.74) is 25.6. The molecule has 0 aliphatic heterocycles. The fourth-order valence-electron chi connectivity index (χ4n) is 16.4. The monoisotopic (exact) mass is 1480 g/mol. The summed E-state index contributed by atoms with van der Waals surface area (Å²) >= 11 is 1.86. The molecule has 0 saturated heterocycles. The summed E-state index contributed by atoms with van der Waals surface area (Å²) in [5, 5.41) is 10.4. The van der Waals surface area contributed by atoms with Gasteiger partial charge in [0, 0.05) is 115 Å². The number of nitrogens with zero attached hydrogens (tertiary/aromatic N) is 9. The second-order valence-corrected chi connectivity index (χ2v) is 29.5. The van der Waals surface area contributed by atoms with Crippen LogP contribution in [0.5, 0.6) is 0 Å². The molecule has 0 bridgehead atoms. The minimum absolute atomic E-state index is 0.872. The van der Waals surface area contributed by atoms with Crippen LogP contribution in [0.4, 0.5) is 0 Å². The molecule has 0 spiro atoms. The molecule has 0 atom stereocenters. The van der Waals surface area contributed by atoms with Crippen molar-refractivity contribution in [1.82, 2.24) is 43.1 Å². The van der Waals surface area contributed by atoms with Crippen molar-refractivity contribution in [1.29, 1.82) is 0 Å². The summed E-state index contributed by atoms with van der Waals surface area (Å²) in [6.45, 7) is 0. The Bertz CT molecular complexity index is 7550. The lowest BCUT2D eigenvalue weighted by atomic mass is 10.0. The summed E-state index contributed by atoms with van der Waals surface area (Å²) in [4.78, 5) is 29.8. The van der Waals surface area contributed by atoms with Gasteiger partial charge in [-0.2, -0.15) is 0 Å². The van der Waals surface area contributed by atoms with Gasteiger partial charge < -0.3 is 8.83 Å². The first kappa shape index (κ1) is 65.8. The normalized spacial score (nSPS) is 11.7. The molecular weight excluding hydrogens is 1420 g/mol. The van der Waals surface area contributed by atoms with E-state index in [4.69, 9.17) is 38.7 Å². The summed E-state index contributed by atoms with van der Waals surface area (Å²) in [6.07, 6.45) is 5.53. The molecule has 12 aromatic carbocycles. The van der Waals surface area contributed by atoms with Crippen LogP contribution in [0.15, 0.2) is 391 Å². The van der Waals surface area contributed by atoms with Gasteiger partial charge in [-0.1, -0.05) is 255 Å². The minimum atomic E-state index is 0.872. The molecule has 24 aromatic rings. The number of aromatic nitrogens is 9. The van der Waals surface area contributed by atoms with Crippen LogP contribution >= 0.6 is 11.3 Å². The number of hydrogen-bond donors (Lipinski definition) is 0. The van der Waals surface area contributed by atoms with E-state index >= 15 is 0 Å². The van der Waals surface area contributed by atoms with Crippen LogP contribution in [0, 0.1) is 0 Å². The zero-order chi connectivity index (χ0) is 75.2. The van der Waals surface area contributed by atoms with Crippen molar-refractivity contribution in [3.63, 3.8) is 0 Å². The van der Waals surface area contributed by atoms with Crippen molar-refractivity contribution >= 4 is 125 Å². The molecule has 0 amide bonds. The molecular formula is C102H63N9O2S. The van der Waals surface area contributed by atoms with Crippen molar-refractivity contribution in [3.8, 4) is 101 Å². The van der Waals surface area contributed by atoms with E-state index in [0.717, 1.165) is 184 Å². The van der Waals surface area contributed by atoms with Gasteiger partial charge >= 0.3 is 0 Å². The molecule has 0 N–H and O–H groups in total. The van der Waals surface area contributed by atoms with Crippen LogP contribution in [-0.4, -0.2) is 43.1 Å². The third-order valence-electron chi connectivity index (χ3n) is 21.8. The zero-order valence-electron chi connectivity index (χ0n) is 61.1. The van der Waals surface area contributed by atoms with Crippen LogP contribution in [0.3, 0.4) is 0 Å². The summed E-state index contributed by atoms with van der Waals surface area (Å²) in [5.74, 6) is 2.64. The average Bonchev–Trinajstić information content (AvgIpc) is 1.61. The van der Waals surface area contributed by atoms with E-state index < -0.39 is 0 Å². The Kier molecular flexibility index (Phi) is 15.8. The lowest BCUT2D eigenvalue weighted by Gasteiger charge is -2.08. The number of fused-ring (bicyclic) bond motifs is 18. The Morgan fingerprint density at radius 1 is 0.237 bits per heavy atom. The zero-order valence-corrected chi connectivity index (χ0v) is 61.9. The first-order valence-corrected chi connectivity index (χ1v) is 38.8. The fraction of sp³-hybridized carbons (Fsp3) is 0. The highest BCUT2D eigenvalue weighted by Crippen LogP contribution is 2.44. The van der Waals surface area contributed by atoms with Gasteiger partial charge in [-0.25, -0.2) is 29.9 Å². The van der Waals surface area contributed by atoms with Crippen molar-refractivity contribution in [2.24, 2.45) is 0 Å². The molecule has 24 rings (SSSR count). The predicted octanol–water partition coefficient (Wildman–Crippen LogP) is 26.8. The van der Waals surface area contributed by atoms with Crippen LogP contribution in [0.1, 0.15) is 0 Å². The van der Waals surface area contributed by atoms with Crippen LogP contribution in [-0.2, 0) is 0 Å². The first-order chi connectivity index (χ1) is 56.5. The third kappa shape index (κ3) is 11.3. The molecule has 534 valence electrons. The quantitative estimate of drug-likeness (QED) is 0.140. The molecule has 12 heterocycles.